The number of allylic oxidation sites excluding steroid dienone is 1. The second kappa shape index (κ2) is 13.1. The van der Waals surface area contributed by atoms with Crippen molar-refractivity contribution in [3.05, 3.63) is 130 Å². The lowest BCUT2D eigenvalue weighted by molar-refractivity contribution is -0.385. The number of nitro groups is 1. The Labute approximate surface area is 257 Å². The van der Waals surface area contributed by atoms with E-state index in [2.05, 4.69) is 4.99 Å². The second-order valence-corrected chi connectivity index (χ2v) is 11.0. The van der Waals surface area contributed by atoms with Crippen LogP contribution in [0.25, 0.3) is 6.08 Å². The minimum Gasteiger partial charge on any atom is -0.490 e. The lowest BCUT2D eigenvalue weighted by atomic mass is 9.94. The molecule has 5 rings (SSSR count). The van der Waals surface area contributed by atoms with Crippen LogP contribution in [-0.2, 0) is 16.1 Å². The predicted molar refractivity (Wildman–Crippen MR) is 167 cm³/mol. The maximum atomic E-state index is 14.0. The normalized spacial score (nSPS) is 14.5. The van der Waals surface area contributed by atoms with Gasteiger partial charge in [0.15, 0.2) is 16.3 Å². The molecule has 3 aromatic carbocycles. The first kappa shape index (κ1) is 30.4. The Balaban J connectivity index is 1.60. The molecule has 226 valence electrons. The molecule has 0 amide bonds. The van der Waals surface area contributed by atoms with Gasteiger partial charge in [0.05, 0.1) is 40.0 Å². The van der Waals surface area contributed by atoms with E-state index in [0.717, 1.165) is 5.56 Å². The third-order valence-electron chi connectivity index (χ3n) is 7.07. The summed E-state index contributed by atoms with van der Waals surface area (Å²) in [6.07, 6.45) is 1.73. The molecule has 10 nitrogen and oxygen atoms in total. The summed E-state index contributed by atoms with van der Waals surface area (Å²) in [7, 11) is 0. The molecule has 11 heteroatoms. The van der Waals surface area contributed by atoms with E-state index in [-0.39, 0.29) is 17.9 Å². The number of aromatic nitrogens is 1. The van der Waals surface area contributed by atoms with Crippen molar-refractivity contribution in [2.75, 3.05) is 13.2 Å². The van der Waals surface area contributed by atoms with Gasteiger partial charge < -0.3 is 14.2 Å². The molecular weight excluding hydrogens is 582 g/mol. The van der Waals surface area contributed by atoms with Crippen LogP contribution in [0.5, 0.6) is 11.5 Å². The monoisotopic (exact) mass is 613 g/mol. The Kier molecular flexibility index (Phi) is 9.05. The van der Waals surface area contributed by atoms with E-state index in [0.29, 0.717) is 56.4 Å². The lowest BCUT2D eigenvalue weighted by Crippen LogP contribution is -2.40. The Morgan fingerprint density at radius 1 is 1.02 bits per heavy atom. The minimum atomic E-state index is -0.959. The van der Waals surface area contributed by atoms with Gasteiger partial charge in [-0.15, -0.1) is 0 Å². The van der Waals surface area contributed by atoms with Gasteiger partial charge in [-0.25, -0.2) is 9.79 Å². The van der Waals surface area contributed by atoms with Gasteiger partial charge in [-0.1, -0.05) is 59.9 Å². The van der Waals surface area contributed by atoms with Gasteiger partial charge >= 0.3 is 5.97 Å². The molecule has 1 aliphatic rings. The van der Waals surface area contributed by atoms with Crippen LogP contribution in [0, 0.1) is 17.0 Å². The van der Waals surface area contributed by atoms with Gasteiger partial charge in [-0.05, 0) is 62.6 Å². The zero-order chi connectivity index (χ0) is 31.4. The van der Waals surface area contributed by atoms with Crippen LogP contribution in [0.15, 0.2) is 87.8 Å². The summed E-state index contributed by atoms with van der Waals surface area (Å²) in [5.74, 6) is 0.476. The fourth-order valence-corrected chi connectivity index (χ4v) is 6.04. The van der Waals surface area contributed by atoms with Crippen LogP contribution in [0.2, 0.25) is 0 Å². The largest absolute Gasteiger partial charge is 0.490 e. The third kappa shape index (κ3) is 6.18. The number of carbonyl (C=O) groups is 1. The van der Waals surface area contributed by atoms with E-state index < -0.39 is 22.5 Å². The zero-order valence-corrected chi connectivity index (χ0v) is 25.6. The van der Waals surface area contributed by atoms with E-state index in [1.54, 1.807) is 51.1 Å². The number of carbonyl (C=O) groups excluding carboxylic acids is 1. The Bertz CT molecular complexity index is 1940. The maximum absolute atomic E-state index is 14.0. The number of nitro benzene ring substituents is 1. The molecular formula is C33H31N3O7S. The molecule has 0 saturated heterocycles. The maximum Gasteiger partial charge on any atom is 0.338 e. The first-order valence-corrected chi connectivity index (χ1v) is 14.9. The highest BCUT2D eigenvalue weighted by Gasteiger charge is 2.34. The average molecular weight is 614 g/mol. The van der Waals surface area contributed by atoms with E-state index >= 15 is 0 Å². The molecule has 1 aliphatic heterocycles. The number of thiazole rings is 1. The van der Waals surface area contributed by atoms with E-state index in [1.165, 1.54) is 22.0 Å². The molecule has 0 radical (unpaired) electrons. The van der Waals surface area contributed by atoms with Crippen LogP contribution >= 0.6 is 11.3 Å². The van der Waals surface area contributed by atoms with Crippen LogP contribution in [0.1, 0.15) is 49.1 Å². The number of aryl methyl sites for hydroxylation is 1. The van der Waals surface area contributed by atoms with E-state index in [4.69, 9.17) is 14.2 Å². The van der Waals surface area contributed by atoms with Crippen LogP contribution in [0.4, 0.5) is 5.69 Å². The first-order valence-electron chi connectivity index (χ1n) is 14.1. The van der Waals surface area contributed by atoms with Crippen molar-refractivity contribution in [1.29, 1.82) is 0 Å². The SMILES string of the molecule is CCOC(=O)C1=C(C)N=c2s/c(=C/c3ccc(OCc4ccccc4)c(OCC)c3)c(=O)n2[C@@H]1c1ccc(C)c([N+](=O)[O-])c1. The first-order chi connectivity index (χ1) is 21.2. The predicted octanol–water partition coefficient (Wildman–Crippen LogP) is 4.99. The van der Waals surface area contributed by atoms with Crippen molar-refractivity contribution in [3.8, 4) is 11.5 Å². The summed E-state index contributed by atoms with van der Waals surface area (Å²) >= 11 is 1.17. The Morgan fingerprint density at radius 2 is 1.80 bits per heavy atom. The number of ether oxygens (including phenoxy) is 3. The molecule has 0 saturated carbocycles. The number of rotatable bonds is 10. The van der Waals surface area contributed by atoms with Gasteiger partial charge in [0.2, 0.25) is 0 Å². The highest BCUT2D eigenvalue weighted by atomic mass is 32.1. The second-order valence-electron chi connectivity index (χ2n) is 10.0. The fraction of sp³-hybridized carbons (Fsp3) is 0.242. The van der Waals surface area contributed by atoms with E-state index in [9.17, 15) is 19.7 Å². The number of benzene rings is 3. The number of hydrogen-bond donors (Lipinski definition) is 0. The molecule has 1 aromatic heterocycles. The standard InChI is InChI=1S/C33H31N3O7S/c1-5-41-27-16-23(13-15-26(27)43-19-22-10-8-7-9-11-22)17-28-31(37)35-30(24-14-12-20(3)25(18-24)36(39)40)29(32(38)42-6-2)21(4)34-33(35)44-28/h7-18,30H,5-6,19H2,1-4H3/b28-17+/t30-/m1/s1. The molecule has 4 aromatic rings. The molecule has 0 spiro atoms. The van der Waals surface area contributed by atoms with Gasteiger partial charge in [0.25, 0.3) is 11.2 Å². The van der Waals surface area contributed by atoms with Crippen molar-refractivity contribution in [2.45, 2.75) is 40.3 Å². The van der Waals surface area contributed by atoms with Crippen molar-refractivity contribution in [1.82, 2.24) is 4.57 Å². The smallest absolute Gasteiger partial charge is 0.338 e. The van der Waals surface area contributed by atoms with Crippen LogP contribution < -0.4 is 24.4 Å². The van der Waals surface area contributed by atoms with Gasteiger partial charge in [0.1, 0.15) is 6.61 Å². The molecule has 2 heterocycles. The molecule has 0 fully saturated rings. The van der Waals surface area contributed by atoms with Crippen LogP contribution in [0.3, 0.4) is 0 Å². The minimum absolute atomic E-state index is 0.111. The van der Waals surface area contributed by atoms with Crippen molar-refractivity contribution in [2.24, 2.45) is 4.99 Å². The highest BCUT2D eigenvalue weighted by Crippen LogP contribution is 2.34. The summed E-state index contributed by atoms with van der Waals surface area (Å²) in [6, 6.07) is 19.0. The van der Waals surface area contributed by atoms with Crippen LogP contribution in [-0.4, -0.2) is 28.7 Å². The van der Waals surface area contributed by atoms with Gasteiger partial charge in [-0.3, -0.25) is 19.5 Å². The topological polar surface area (TPSA) is 122 Å². The van der Waals surface area contributed by atoms with Gasteiger partial charge in [-0.2, -0.15) is 0 Å². The molecule has 0 aliphatic carbocycles. The van der Waals surface area contributed by atoms with Crippen molar-refractivity contribution in [3.63, 3.8) is 0 Å². The average Bonchev–Trinajstić information content (AvgIpc) is 3.30. The molecule has 44 heavy (non-hydrogen) atoms. The number of esters is 1. The third-order valence-corrected chi connectivity index (χ3v) is 8.05. The molecule has 1 atom stereocenters. The zero-order valence-electron chi connectivity index (χ0n) is 24.7. The Morgan fingerprint density at radius 3 is 2.50 bits per heavy atom. The summed E-state index contributed by atoms with van der Waals surface area (Å²) < 4.78 is 19.0. The summed E-state index contributed by atoms with van der Waals surface area (Å²) in [4.78, 5) is 43.4. The Hall–Kier alpha value is -5.03. The molecule has 0 unspecified atom stereocenters. The molecule has 0 N–H and O–H groups in total. The van der Waals surface area contributed by atoms with Crippen molar-refractivity contribution < 1.29 is 23.9 Å². The molecule has 0 bridgehead atoms. The highest BCUT2D eigenvalue weighted by molar-refractivity contribution is 7.07. The summed E-state index contributed by atoms with van der Waals surface area (Å²) in [5.41, 5.74) is 2.63. The van der Waals surface area contributed by atoms with Crippen molar-refractivity contribution >= 4 is 29.1 Å². The number of nitrogens with zero attached hydrogens (tertiary/aromatic N) is 3. The number of hydrogen-bond acceptors (Lipinski definition) is 9. The lowest BCUT2D eigenvalue weighted by Gasteiger charge is -2.24. The quantitative estimate of drug-likeness (QED) is 0.140. The fourth-order valence-electron chi connectivity index (χ4n) is 4.99. The van der Waals surface area contributed by atoms with Gasteiger partial charge in [0, 0.05) is 11.6 Å². The number of fused-ring (bicyclic) bond motifs is 1. The summed E-state index contributed by atoms with van der Waals surface area (Å²) in [6.45, 7) is 7.78. The van der Waals surface area contributed by atoms with E-state index in [1.807, 2.05) is 43.3 Å². The summed E-state index contributed by atoms with van der Waals surface area (Å²) in [5, 5.41) is 11.8.